The summed E-state index contributed by atoms with van der Waals surface area (Å²) in [6.45, 7) is 6.23. The minimum absolute atomic E-state index is 0.0452. The van der Waals surface area contributed by atoms with Crippen LogP contribution < -0.4 is 0 Å². The van der Waals surface area contributed by atoms with Gasteiger partial charge in [0.2, 0.25) is 10.0 Å². The summed E-state index contributed by atoms with van der Waals surface area (Å²) in [5.41, 5.74) is 4.19. The zero-order valence-corrected chi connectivity index (χ0v) is 14.5. The van der Waals surface area contributed by atoms with Gasteiger partial charge in [-0.25, -0.2) is 8.42 Å². The smallest absolute Gasteiger partial charge is 0.207 e. The van der Waals surface area contributed by atoms with E-state index in [2.05, 4.69) is 5.92 Å². The normalized spacial score (nSPS) is 11.4. The molecule has 0 aromatic heterocycles. The molecule has 0 atom stereocenters. The van der Waals surface area contributed by atoms with Crippen LogP contribution in [0.2, 0.25) is 0 Å². The van der Waals surface area contributed by atoms with Gasteiger partial charge in [0.05, 0.1) is 11.4 Å². The Balaban J connectivity index is 2.37. The number of hydrogen-bond acceptors (Lipinski definition) is 2. The van der Waals surface area contributed by atoms with Crippen LogP contribution in [0.25, 0.3) is 0 Å². The van der Waals surface area contributed by atoms with Gasteiger partial charge in [-0.2, -0.15) is 4.31 Å². The molecule has 0 spiro atoms. The Kier molecular flexibility index (Phi) is 5.25. The van der Waals surface area contributed by atoms with Crippen LogP contribution in [0.4, 0.5) is 0 Å². The van der Waals surface area contributed by atoms with E-state index in [0.717, 1.165) is 22.3 Å². The molecule has 0 saturated heterocycles. The lowest BCUT2D eigenvalue weighted by molar-refractivity contribution is 0.442. The van der Waals surface area contributed by atoms with Crippen molar-refractivity contribution < 1.29 is 8.42 Å². The van der Waals surface area contributed by atoms with Crippen molar-refractivity contribution in [1.29, 1.82) is 0 Å². The lowest BCUT2D eigenvalue weighted by Crippen LogP contribution is -2.31. The average molecular weight is 327 g/mol. The van der Waals surface area contributed by atoms with E-state index in [1.165, 1.54) is 4.31 Å². The lowest BCUT2D eigenvalue weighted by Gasteiger charge is -2.21. The maximum Gasteiger partial charge on any atom is 0.244 e. The van der Waals surface area contributed by atoms with Gasteiger partial charge in [-0.15, -0.1) is 6.42 Å². The predicted molar refractivity (Wildman–Crippen MR) is 93.5 cm³/mol. The highest BCUT2D eigenvalue weighted by atomic mass is 32.2. The van der Waals surface area contributed by atoms with Crippen molar-refractivity contribution >= 4 is 10.0 Å². The maximum absolute atomic E-state index is 12.8. The predicted octanol–water partition coefficient (Wildman–Crippen LogP) is 3.44. The molecular weight excluding hydrogens is 306 g/mol. The molecule has 2 rings (SSSR count). The first-order chi connectivity index (χ1) is 10.8. The Hall–Kier alpha value is -2.09. The Morgan fingerprint density at radius 2 is 1.61 bits per heavy atom. The molecule has 0 bridgehead atoms. The molecule has 0 radical (unpaired) electrons. The molecule has 0 aliphatic carbocycles. The Bertz CT molecular complexity index is 831. The van der Waals surface area contributed by atoms with E-state index in [1.807, 2.05) is 39.0 Å². The number of rotatable bonds is 5. The average Bonchev–Trinajstić information content (AvgIpc) is 2.49. The van der Waals surface area contributed by atoms with Gasteiger partial charge < -0.3 is 0 Å². The molecule has 2 aromatic carbocycles. The van der Waals surface area contributed by atoms with Gasteiger partial charge in [0, 0.05) is 6.54 Å². The van der Waals surface area contributed by atoms with Crippen LogP contribution in [0.15, 0.2) is 47.4 Å². The van der Waals surface area contributed by atoms with Gasteiger partial charge in [0.15, 0.2) is 0 Å². The van der Waals surface area contributed by atoms with Crippen LogP contribution in [0.3, 0.4) is 0 Å². The first-order valence-electron chi connectivity index (χ1n) is 7.41. The largest absolute Gasteiger partial charge is 0.244 e. The zero-order chi connectivity index (χ0) is 17.0. The van der Waals surface area contributed by atoms with E-state index in [0.29, 0.717) is 0 Å². The molecule has 0 unspecified atom stereocenters. The standard InChI is InChI=1S/C19H21NO2S/c1-5-12-20(14-18-9-6-16(3)13-17(18)4)23(21,22)19-10-7-15(2)8-11-19/h1,6-11,13H,12,14H2,2-4H3. The number of hydrogen-bond donors (Lipinski definition) is 0. The second-order valence-corrected chi connectivity index (χ2v) is 7.66. The van der Waals surface area contributed by atoms with Gasteiger partial charge in [-0.1, -0.05) is 47.4 Å². The number of sulfonamides is 1. The summed E-state index contributed by atoms with van der Waals surface area (Å²) in [6.07, 6.45) is 5.39. The summed E-state index contributed by atoms with van der Waals surface area (Å²) in [4.78, 5) is 0.267. The Labute approximate surface area is 139 Å². The molecule has 0 amide bonds. The zero-order valence-electron chi connectivity index (χ0n) is 13.7. The van der Waals surface area contributed by atoms with E-state index < -0.39 is 10.0 Å². The molecule has 0 aliphatic heterocycles. The van der Waals surface area contributed by atoms with Crippen LogP contribution in [-0.4, -0.2) is 19.3 Å². The van der Waals surface area contributed by atoms with Gasteiger partial charge >= 0.3 is 0 Å². The van der Waals surface area contributed by atoms with Crippen molar-refractivity contribution in [1.82, 2.24) is 4.31 Å². The monoisotopic (exact) mass is 327 g/mol. The molecule has 0 saturated carbocycles. The highest BCUT2D eigenvalue weighted by molar-refractivity contribution is 7.89. The van der Waals surface area contributed by atoms with E-state index in [9.17, 15) is 8.42 Å². The van der Waals surface area contributed by atoms with Gasteiger partial charge in [0.1, 0.15) is 0 Å². The fourth-order valence-corrected chi connectivity index (χ4v) is 3.73. The fraction of sp³-hybridized carbons (Fsp3) is 0.263. The van der Waals surface area contributed by atoms with Crippen LogP contribution in [0.1, 0.15) is 22.3 Å². The molecular formula is C19H21NO2S. The first kappa shape index (κ1) is 17.3. The second-order valence-electron chi connectivity index (χ2n) is 5.72. The molecule has 3 nitrogen and oxygen atoms in total. The van der Waals surface area contributed by atoms with E-state index in [1.54, 1.807) is 24.3 Å². The van der Waals surface area contributed by atoms with Crippen LogP contribution in [-0.2, 0) is 16.6 Å². The first-order valence-corrected chi connectivity index (χ1v) is 8.85. The summed E-state index contributed by atoms with van der Waals surface area (Å²) < 4.78 is 27.0. The molecule has 4 heteroatoms. The minimum Gasteiger partial charge on any atom is -0.207 e. The summed E-state index contributed by atoms with van der Waals surface area (Å²) in [5, 5.41) is 0. The van der Waals surface area contributed by atoms with Crippen molar-refractivity contribution in [2.24, 2.45) is 0 Å². The van der Waals surface area contributed by atoms with Crippen molar-refractivity contribution in [3.63, 3.8) is 0 Å². The number of benzene rings is 2. The van der Waals surface area contributed by atoms with E-state index in [4.69, 9.17) is 6.42 Å². The fourth-order valence-electron chi connectivity index (χ4n) is 2.40. The van der Waals surface area contributed by atoms with Crippen molar-refractivity contribution in [2.75, 3.05) is 6.54 Å². The van der Waals surface area contributed by atoms with Crippen LogP contribution in [0.5, 0.6) is 0 Å². The molecule has 0 N–H and O–H groups in total. The third-order valence-electron chi connectivity index (χ3n) is 3.77. The molecule has 23 heavy (non-hydrogen) atoms. The number of nitrogens with zero attached hydrogens (tertiary/aromatic N) is 1. The number of aryl methyl sites for hydroxylation is 3. The summed E-state index contributed by atoms with van der Waals surface area (Å²) >= 11 is 0. The highest BCUT2D eigenvalue weighted by Gasteiger charge is 2.24. The number of terminal acetylenes is 1. The third kappa shape index (κ3) is 4.01. The molecule has 120 valence electrons. The molecule has 2 aromatic rings. The topological polar surface area (TPSA) is 37.4 Å². The van der Waals surface area contributed by atoms with E-state index >= 15 is 0 Å². The summed E-state index contributed by atoms with van der Waals surface area (Å²) in [6, 6.07) is 12.8. The second kappa shape index (κ2) is 6.99. The quantitative estimate of drug-likeness (QED) is 0.789. The van der Waals surface area contributed by atoms with Gasteiger partial charge in [-0.3, -0.25) is 0 Å². The van der Waals surface area contributed by atoms with Crippen molar-refractivity contribution in [3.8, 4) is 12.3 Å². The van der Waals surface area contributed by atoms with Crippen LogP contribution in [0, 0.1) is 33.1 Å². The Morgan fingerprint density at radius 1 is 1.00 bits per heavy atom. The SMILES string of the molecule is C#CCN(Cc1ccc(C)cc1C)S(=O)(=O)c1ccc(C)cc1. The van der Waals surface area contributed by atoms with Gasteiger partial charge in [-0.05, 0) is 44.0 Å². The summed E-state index contributed by atoms with van der Waals surface area (Å²) in [5.74, 6) is 2.45. The third-order valence-corrected chi connectivity index (χ3v) is 5.58. The lowest BCUT2D eigenvalue weighted by atomic mass is 10.1. The molecule has 0 fully saturated rings. The minimum atomic E-state index is -3.61. The van der Waals surface area contributed by atoms with Crippen LogP contribution >= 0.6 is 0 Å². The summed E-state index contributed by atoms with van der Waals surface area (Å²) in [7, 11) is -3.61. The Morgan fingerprint density at radius 3 is 2.17 bits per heavy atom. The highest BCUT2D eigenvalue weighted by Crippen LogP contribution is 2.20. The van der Waals surface area contributed by atoms with Gasteiger partial charge in [0.25, 0.3) is 0 Å². The molecule has 0 aliphatic rings. The maximum atomic E-state index is 12.8. The van der Waals surface area contributed by atoms with E-state index in [-0.39, 0.29) is 18.0 Å². The van der Waals surface area contributed by atoms with Crippen molar-refractivity contribution in [3.05, 3.63) is 64.7 Å². The molecule has 0 heterocycles. The van der Waals surface area contributed by atoms with Crippen molar-refractivity contribution in [2.45, 2.75) is 32.2 Å².